The number of likely N-dealkylation sites (tertiary alicyclic amines) is 1. The molecule has 0 aromatic carbocycles. The predicted molar refractivity (Wildman–Crippen MR) is 101 cm³/mol. The van der Waals surface area contributed by atoms with Crippen LogP contribution in [0.1, 0.15) is 25.3 Å². The van der Waals surface area contributed by atoms with Crippen LogP contribution in [0.5, 0.6) is 0 Å². The van der Waals surface area contributed by atoms with Crippen LogP contribution in [-0.2, 0) is 18.3 Å². The van der Waals surface area contributed by atoms with Crippen molar-refractivity contribution in [3.63, 3.8) is 0 Å². The molecule has 1 saturated heterocycles. The Kier molecular flexibility index (Phi) is 8.21. The first-order valence-electron chi connectivity index (χ1n) is 7.67. The molecule has 1 aromatic heterocycles. The van der Waals surface area contributed by atoms with Crippen molar-refractivity contribution < 1.29 is 9.53 Å². The number of aliphatic imine (C=N–C) groups is 1. The van der Waals surface area contributed by atoms with Crippen molar-refractivity contribution in [1.82, 2.24) is 14.8 Å². The van der Waals surface area contributed by atoms with Gasteiger partial charge in [0.1, 0.15) is 0 Å². The Morgan fingerprint density at radius 3 is 2.74 bits per heavy atom. The van der Waals surface area contributed by atoms with Crippen molar-refractivity contribution in [2.75, 3.05) is 19.7 Å². The number of amides is 1. The molecule has 1 aliphatic rings. The molecule has 1 fully saturated rings. The highest BCUT2D eigenvalue weighted by Gasteiger charge is 2.23. The van der Waals surface area contributed by atoms with Gasteiger partial charge in [-0.25, -0.2) is 9.79 Å². The summed E-state index contributed by atoms with van der Waals surface area (Å²) in [4.78, 5) is 17.7. The van der Waals surface area contributed by atoms with E-state index in [2.05, 4.69) is 10.3 Å². The van der Waals surface area contributed by atoms with Crippen LogP contribution in [0, 0.1) is 0 Å². The molecule has 0 spiro atoms. The number of piperidine rings is 1. The number of nitrogens with one attached hydrogen (secondary N) is 1. The van der Waals surface area contributed by atoms with Crippen LogP contribution < -0.4 is 11.1 Å². The van der Waals surface area contributed by atoms with Crippen LogP contribution in [0.3, 0.4) is 0 Å². The van der Waals surface area contributed by atoms with Gasteiger partial charge in [-0.2, -0.15) is 0 Å². The molecule has 2 heterocycles. The van der Waals surface area contributed by atoms with E-state index in [1.807, 2.05) is 37.0 Å². The summed E-state index contributed by atoms with van der Waals surface area (Å²) in [6, 6.07) is 2.28. The highest BCUT2D eigenvalue weighted by atomic mass is 127. The number of nitrogens with two attached hydrogens (primary N) is 1. The second kappa shape index (κ2) is 9.64. The number of rotatable bonds is 4. The second-order valence-electron chi connectivity index (χ2n) is 5.49. The van der Waals surface area contributed by atoms with Crippen molar-refractivity contribution in [3.8, 4) is 0 Å². The molecule has 130 valence electrons. The van der Waals surface area contributed by atoms with Crippen LogP contribution in [0.25, 0.3) is 0 Å². The van der Waals surface area contributed by atoms with Crippen molar-refractivity contribution in [2.45, 2.75) is 32.4 Å². The van der Waals surface area contributed by atoms with Gasteiger partial charge in [0, 0.05) is 38.6 Å². The summed E-state index contributed by atoms with van der Waals surface area (Å²) >= 11 is 0. The third-order valence-corrected chi connectivity index (χ3v) is 3.70. The van der Waals surface area contributed by atoms with Gasteiger partial charge in [-0.3, -0.25) is 0 Å². The highest BCUT2D eigenvalue weighted by molar-refractivity contribution is 14.0. The van der Waals surface area contributed by atoms with E-state index in [-0.39, 0.29) is 36.1 Å². The average molecular weight is 435 g/mol. The average Bonchev–Trinajstić information content (AvgIpc) is 2.92. The quantitative estimate of drug-likeness (QED) is 0.428. The zero-order valence-corrected chi connectivity index (χ0v) is 16.0. The molecule has 0 unspecified atom stereocenters. The summed E-state index contributed by atoms with van der Waals surface area (Å²) in [7, 11) is 1.98. The van der Waals surface area contributed by atoms with Crippen LogP contribution in [-0.4, -0.2) is 47.3 Å². The molecule has 23 heavy (non-hydrogen) atoms. The van der Waals surface area contributed by atoms with Crippen LogP contribution in [0.15, 0.2) is 23.5 Å². The third kappa shape index (κ3) is 6.28. The van der Waals surface area contributed by atoms with Crippen molar-refractivity contribution >= 4 is 36.0 Å². The number of hydrogen-bond acceptors (Lipinski definition) is 3. The zero-order chi connectivity index (χ0) is 15.9. The minimum atomic E-state index is -0.230. The Hall–Kier alpha value is -1.45. The molecule has 2 rings (SSSR count). The molecular formula is C15H26IN5O2. The van der Waals surface area contributed by atoms with Gasteiger partial charge >= 0.3 is 6.09 Å². The van der Waals surface area contributed by atoms with Gasteiger partial charge in [0.05, 0.1) is 13.2 Å². The van der Waals surface area contributed by atoms with E-state index in [1.54, 1.807) is 4.90 Å². The van der Waals surface area contributed by atoms with Crippen molar-refractivity contribution in [3.05, 3.63) is 24.0 Å². The number of nitrogens with zero attached hydrogens (tertiary/aromatic N) is 3. The fraction of sp³-hybridized carbons (Fsp3) is 0.600. The maximum atomic E-state index is 11.6. The number of guanidine groups is 1. The summed E-state index contributed by atoms with van der Waals surface area (Å²) in [5.41, 5.74) is 7.06. The molecule has 7 nitrogen and oxygen atoms in total. The van der Waals surface area contributed by atoms with E-state index in [9.17, 15) is 4.79 Å². The molecule has 0 aliphatic carbocycles. The molecule has 0 atom stereocenters. The predicted octanol–water partition coefficient (Wildman–Crippen LogP) is 1.67. The standard InChI is InChI=1S/C15H25N5O2.HI/c1-3-22-15(21)20-8-5-13(6-9-20)18-14(16)17-10-12-4-7-19(2)11-12;/h4,7,11,13H,3,5-6,8-10H2,1-2H3,(H3,16,17,18);1H. The lowest BCUT2D eigenvalue weighted by Crippen LogP contribution is -2.48. The highest BCUT2D eigenvalue weighted by Crippen LogP contribution is 2.11. The second-order valence-corrected chi connectivity index (χ2v) is 5.49. The topological polar surface area (TPSA) is 84.9 Å². The number of carbonyl (C=O) groups excluding carboxylic acids is 1. The number of ether oxygens (including phenoxy) is 1. The van der Waals surface area contributed by atoms with Gasteiger partial charge in [0.25, 0.3) is 0 Å². The van der Waals surface area contributed by atoms with E-state index >= 15 is 0 Å². The Bertz CT molecular complexity index is 524. The zero-order valence-electron chi connectivity index (χ0n) is 13.7. The van der Waals surface area contributed by atoms with Gasteiger partial charge in [-0.05, 0) is 31.4 Å². The minimum Gasteiger partial charge on any atom is -0.450 e. The number of aromatic nitrogens is 1. The Morgan fingerprint density at radius 1 is 1.48 bits per heavy atom. The van der Waals surface area contributed by atoms with Gasteiger partial charge in [-0.1, -0.05) is 0 Å². The van der Waals surface area contributed by atoms with E-state index in [1.165, 1.54) is 0 Å². The van der Waals surface area contributed by atoms with E-state index in [0.29, 0.717) is 32.2 Å². The fourth-order valence-corrected chi connectivity index (χ4v) is 2.51. The molecule has 3 N–H and O–H groups in total. The summed E-state index contributed by atoms with van der Waals surface area (Å²) < 4.78 is 6.99. The molecule has 8 heteroatoms. The molecule has 0 radical (unpaired) electrons. The minimum absolute atomic E-state index is 0. The van der Waals surface area contributed by atoms with Crippen LogP contribution >= 0.6 is 24.0 Å². The Labute approximate surface area is 154 Å². The lowest BCUT2D eigenvalue weighted by molar-refractivity contribution is 0.0963. The number of hydrogen-bond donors (Lipinski definition) is 2. The van der Waals surface area contributed by atoms with E-state index < -0.39 is 0 Å². The monoisotopic (exact) mass is 435 g/mol. The summed E-state index contributed by atoms with van der Waals surface area (Å²) in [6.07, 6.45) is 5.47. The summed E-state index contributed by atoms with van der Waals surface area (Å²) in [5.74, 6) is 0.457. The third-order valence-electron chi connectivity index (χ3n) is 3.70. The first kappa shape index (κ1) is 19.6. The molecule has 0 saturated carbocycles. The number of aryl methyl sites for hydroxylation is 1. The smallest absolute Gasteiger partial charge is 0.409 e. The van der Waals surface area contributed by atoms with E-state index in [0.717, 1.165) is 18.4 Å². The summed E-state index contributed by atoms with van der Waals surface area (Å²) in [6.45, 7) is 4.17. The van der Waals surface area contributed by atoms with Gasteiger partial charge in [-0.15, -0.1) is 24.0 Å². The fourth-order valence-electron chi connectivity index (χ4n) is 2.51. The van der Waals surface area contributed by atoms with Crippen LogP contribution in [0.2, 0.25) is 0 Å². The molecule has 0 bridgehead atoms. The number of carbonyl (C=O) groups is 1. The van der Waals surface area contributed by atoms with Gasteiger partial charge in [0.15, 0.2) is 5.96 Å². The van der Waals surface area contributed by atoms with Crippen molar-refractivity contribution in [1.29, 1.82) is 0 Å². The largest absolute Gasteiger partial charge is 0.450 e. The lowest BCUT2D eigenvalue weighted by atomic mass is 10.1. The molecule has 1 aliphatic heterocycles. The summed E-state index contributed by atoms with van der Waals surface area (Å²) in [5, 5.41) is 3.23. The first-order valence-corrected chi connectivity index (χ1v) is 7.67. The molecule has 1 amide bonds. The van der Waals surface area contributed by atoms with E-state index in [4.69, 9.17) is 10.5 Å². The Morgan fingerprint density at radius 2 is 2.17 bits per heavy atom. The molecular weight excluding hydrogens is 409 g/mol. The van der Waals surface area contributed by atoms with Crippen molar-refractivity contribution in [2.24, 2.45) is 17.8 Å². The lowest BCUT2D eigenvalue weighted by Gasteiger charge is -2.31. The van der Waals surface area contributed by atoms with Gasteiger partial charge < -0.3 is 25.3 Å². The maximum Gasteiger partial charge on any atom is 0.409 e. The Balaban J connectivity index is 0.00000264. The normalized spacial score (nSPS) is 15.9. The first-order chi connectivity index (χ1) is 10.6. The maximum absolute atomic E-state index is 11.6. The van der Waals surface area contributed by atoms with Gasteiger partial charge in [0.2, 0.25) is 0 Å². The molecule has 1 aromatic rings. The number of halogens is 1. The van der Waals surface area contributed by atoms with Crippen LogP contribution in [0.4, 0.5) is 4.79 Å². The SMILES string of the molecule is CCOC(=O)N1CCC(NC(N)=NCc2ccn(C)c2)CC1.I.